The van der Waals surface area contributed by atoms with Crippen LogP contribution in [0.1, 0.15) is 27.4 Å². The van der Waals surface area contributed by atoms with Gasteiger partial charge in [0.2, 0.25) is 5.76 Å². The Morgan fingerprint density at radius 3 is 2.68 bits per heavy atom. The second kappa shape index (κ2) is 10.7. The predicted molar refractivity (Wildman–Crippen MR) is 145 cm³/mol. The van der Waals surface area contributed by atoms with Crippen LogP contribution in [0.3, 0.4) is 0 Å². The Morgan fingerprint density at radius 2 is 1.89 bits per heavy atom. The third-order valence-electron chi connectivity index (χ3n) is 5.91. The molecule has 1 N–H and O–H groups in total. The first kappa shape index (κ1) is 25.6. The second-order valence-corrected chi connectivity index (χ2v) is 9.64. The molecule has 1 aliphatic rings. The molecule has 0 radical (unpaired) electrons. The Balaban J connectivity index is 1.31. The summed E-state index contributed by atoms with van der Waals surface area (Å²) in [6.07, 6.45) is 1.52. The van der Waals surface area contributed by atoms with Crippen LogP contribution in [0.4, 0.5) is 4.79 Å². The number of halogens is 2. The standard InChI is InChI=1S/C28H20BrClN2O6/c1-36-27(34)24-10-9-19(38-24)14-32-26(33)23(31-28(32)35)13-16-11-21(29)25(22(30)12-16)37-15-18-7-4-6-17-5-2-3-8-20(17)18/h2-13H,14-15H2,1H3,(H,31,35)/b23-13-. The maximum Gasteiger partial charge on any atom is 0.373 e. The summed E-state index contributed by atoms with van der Waals surface area (Å²) in [7, 11) is 1.23. The molecule has 0 spiro atoms. The summed E-state index contributed by atoms with van der Waals surface area (Å²) in [6, 6.07) is 19.8. The summed E-state index contributed by atoms with van der Waals surface area (Å²) in [6.45, 7) is 0.165. The number of benzene rings is 3. The number of esters is 1. The lowest BCUT2D eigenvalue weighted by atomic mass is 10.1. The third-order valence-corrected chi connectivity index (χ3v) is 6.78. The number of rotatable bonds is 7. The van der Waals surface area contributed by atoms with Gasteiger partial charge in [-0.1, -0.05) is 54.1 Å². The van der Waals surface area contributed by atoms with E-state index in [1.807, 2.05) is 42.5 Å². The number of furan rings is 1. The van der Waals surface area contributed by atoms with Gasteiger partial charge in [0.1, 0.15) is 18.1 Å². The molecule has 8 nitrogen and oxygen atoms in total. The van der Waals surface area contributed by atoms with Crippen molar-refractivity contribution in [1.29, 1.82) is 0 Å². The number of hydrogen-bond donors (Lipinski definition) is 1. The number of amides is 3. The van der Waals surface area contributed by atoms with Gasteiger partial charge in [-0.15, -0.1) is 0 Å². The zero-order valence-corrected chi connectivity index (χ0v) is 22.3. The Morgan fingerprint density at radius 1 is 1.11 bits per heavy atom. The molecule has 0 bridgehead atoms. The van der Waals surface area contributed by atoms with E-state index >= 15 is 0 Å². The normalized spacial score (nSPS) is 14.3. The number of carbonyl (C=O) groups excluding carboxylic acids is 3. The molecule has 0 aliphatic carbocycles. The fourth-order valence-electron chi connectivity index (χ4n) is 4.08. The van der Waals surface area contributed by atoms with Crippen molar-refractivity contribution in [3.63, 3.8) is 0 Å². The fraction of sp³-hybridized carbons (Fsp3) is 0.107. The maximum atomic E-state index is 12.9. The SMILES string of the molecule is COC(=O)c1ccc(CN2C(=O)N/C(=C\c3cc(Cl)c(OCc4cccc5ccccc45)c(Br)c3)C2=O)o1. The summed E-state index contributed by atoms with van der Waals surface area (Å²) in [5, 5.41) is 5.11. The van der Waals surface area contributed by atoms with Gasteiger partial charge in [0.25, 0.3) is 5.91 Å². The van der Waals surface area contributed by atoms with Crippen molar-refractivity contribution >= 4 is 62.3 Å². The Hall–Kier alpha value is -4.08. The molecule has 0 saturated carbocycles. The number of hydrogen-bond acceptors (Lipinski definition) is 6. The Bertz CT molecular complexity index is 1580. The summed E-state index contributed by atoms with van der Waals surface area (Å²) in [5.74, 6) is -0.499. The minimum absolute atomic E-state index is 0.0208. The molecule has 1 aliphatic heterocycles. The smallest absolute Gasteiger partial charge is 0.373 e. The van der Waals surface area contributed by atoms with Crippen molar-refractivity contribution in [1.82, 2.24) is 10.2 Å². The van der Waals surface area contributed by atoms with E-state index in [4.69, 9.17) is 20.8 Å². The van der Waals surface area contributed by atoms with Gasteiger partial charge in [-0.05, 0) is 68.2 Å². The van der Waals surface area contributed by atoms with Gasteiger partial charge in [0.05, 0.1) is 23.1 Å². The van der Waals surface area contributed by atoms with Crippen LogP contribution in [0, 0.1) is 0 Å². The number of imide groups is 1. The minimum Gasteiger partial charge on any atom is -0.486 e. The van der Waals surface area contributed by atoms with Crippen LogP contribution in [0.15, 0.2) is 81.3 Å². The largest absolute Gasteiger partial charge is 0.486 e. The molecule has 10 heteroatoms. The number of urea groups is 1. The Kier molecular flexibility index (Phi) is 7.22. The third kappa shape index (κ3) is 5.16. The second-order valence-electron chi connectivity index (χ2n) is 8.38. The molecule has 38 heavy (non-hydrogen) atoms. The van der Waals surface area contributed by atoms with Gasteiger partial charge >= 0.3 is 12.0 Å². The quantitative estimate of drug-likeness (QED) is 0.153. The topological polar surface area (TPSA) is 98.1 Å². The van der Waals surface area contributed by atoms with Crippen LogP contribution in [-0.4, -0.2) is 29.9 Å². The lowest BCUT2D eigenvalue weighted by molar-refractivity contribution is -0.123. The van der Waals surface area contributed by atoms with Crippen LogP contribution in [0.5, 0.6) is 5.75 Å². The maximum absolute atomic E-state index is 12.9. The summed E-state index contributed by atoms with van der Waals surface area (Å²) < 4.78 is 16.6. The van der Waals surface area contributed by atoms with Gasteiger partial charge in [0, 0.05) is 0 Å². The highest BCUT2D eigenvalue weighted by atomic mass is 79.9. The first-order valence-corrected chi connectivity index (χ1v) is 12.6. The molecule has 192 valence electrons. The average molecular weight is 596 g/mol. The average Bonchev–Trinajstić information content (AvgIpc) is 3.48. The number of nitrogens with zero attached hydrogens (tertiary/aromatic N) is 1. The van der Waals surface area contributed by atoms with Crippen molar-refractivity contribution in [2.75, 3.05) is 7.11 Å². The number of ether oxygens (including phenoxy) is 2. The fourth-order valence-corrected chi connectivity index (χ4v) is 5.07. The van der Waals surface area contributed by atoms with Gasteiger partial charge < -0.3 is 19.2 Å². The summed E-state index contributed by atoms with van der Waals surface area (Å²) >= 11 is 10.0. The van der Waals surface area contributed by atoms with Crippen molar-refractivity contribution in [2.45, 2.75) is 13.2 Å². The minimum atomic E-state index is -0.652. The highest BCUT2D eigenvalue weighted by Crippen LogP contribution is 2.36. The lowest BCUT2D eigenvalue weighted by Crippen LogP contribution is -2.30. The molecule has 4 aromatic rings. The molecule has 1 fully saturated rings. The van der Waals surface area contributed by atoms with E-state index in [1.165, 1.54) is 25.3 Å². The first-order valence-electron chi connectivity index (χ1n) is 11.4. The van der Waals surface area contributed by atoms with E-state index in [0.29, 0.717) is 27.4 Å². The molecule has 0 unspecified atom stereocenters. The summed E-state index contributed by atoms with van der Waals surface area (Å²) in [4.78, 5) is 37.9. The number of fused-ring (bicyclic) bond motifs is 1. The molecular formula is C28H20BrClN2O6. The van der Waals surface area contributed by atoms with Crippen molar-refractivity contribution in [3.8, 4) is 5.75 Å². The molecule has 5 rings (SSSR count). The predicted octanol–water partition coefficient (Wildman–Crippen LogP) is 6.31. The van der Waals surface area contributed by atoms with E-state index in [-0.39, 0.29) is 23.8 Å². The van der Waals surface area contributed by atoms with Crippen LogP contribution in [0.2, 0.25) is 5.02 Å². The van der Waals surface area contributed by atoms with Crippen molar-refractivity contribution in [3.05, 3.63) is 105 Å². The zero-order valence-electron chi connectivity index (χ0n) is 20.0. The van der Waals surface area contributed by atoms with Crippen molar-refractivity contribution < 1.29 is 28.3 Å². The van der Waals surface area contributed by atoms with Crippen molar-refractivity contribution in [2.24, 2.45) is 0 Å². The van der Waals surface area contributed by atoms with E-state index in [2.05, 4.69) is 26.0 Å². The molecule has 3 aromatic carbocycles. The van der Waals surface area contributed by atoms with Crippen LogP contribution < -0.4 is 10.1 Å². The zero-order chi connectivity index (χ0) is 26.8. The van der Waals surface area contributed by atoms with Crippen LogP contribution in [0.25, 0.3) is 16.8 Å². The monoisotopic (exact) mass is 594 g/mol. The van der Waals surface area contributed by atoms with E-state index < -0.39 is 17.9 Å². The van der Waals surface area contributed by atoms with E-state index in [9.17, 15) is 14.4 Å². The van der Waals surface area contributed by atoms with Gasteiger partial charge in [-0.3, -0.25) is 9.69 Å². The molecule has 1 saturated heterocycles. The highest BCUT2D eigenvalue weighted by molar-refractivity contribution is 9.10. The molecule has 3 amide bonds. The number of nitrogens with one attached hydrogen (secondary N) is 1. The lowest BCUT2D eigenvalue weighted by Gasteiger charge is -2.13. The van der Waals surface area contributed by atoms with Crippen LogP contribution in [-0.2, 0) is 22.7 Å². The van der Waals surface area contributed by atoms with Gasteiger partial charge in [0.15, 0.2) is 5.75 Å². The molecular weight excluding hydrogens is 576 g/mol. The van der Waals surface area contributed by atoms with Gasteiger partial charge in [-0.2, -0.15) is 0 Å². The number of carbonyl (C=O) groups is 3. The highest BCUT2D eigenvalue weighted by Gasteiger charge is 2.34. The number of methoxy groups -OCH3 is 1. The Labute approximate surface area is 230 Å². The van der Waals surface area contributed by atoms with Crippen LogP contribution >= 0.6 is 27.5 Å². The summed E-state index contributed by atoms with van der Waals surface area (Å²) in [5.41, 5.74) is 1.67. The van der Waals surface area contributed by atoms with E-state index in [0.717, 1.165) is 21.2 Å². The molecule has 2 heterocycles. The van der Waals surface area contributed by atoms with E-state index in [1.54, 1.807) is 12.1 Å². The van der Waals surface area contributed by atoms with Gasteiger partial charge in [-0.25, -0.2) is 9.59 Å². The molecule has 0 atom stereocenters. The first-order chi connectivity index (χ1) is 18.3. The molecule has 1 aromatic heterocycles.